The first-order valence-electron chi connectivity index (χ1n) is 7.22. The molecule has 2 aromatic carbocycles. The van der Waals surface area contributed by atoms with Crippen LogP contribution in [-0.4, -0.2) is 36.3 Å². The third-order valence-electron chi connectivity index (χ3n) is 3.68. The van der Waals surface area contributed by atoms with Crippen molar-refractivity contribution in [2.24, 2.45) is 0 Å². The van der Waals surface area contributed by atoms with Gasteiger partial charge in [0, 0.05) is 11.1 Å². The summed E-state index contributed by atoms with van der Waals surface area (Å²) in [5.41, 5.74) is 2.68. The smallest absolute Gasteiger partial charge is 0.340 e. The van der Waals surface area contributed by atoms with Gasteiger partial charge in [0.15, 0.2) is 0 Å². The molecule has 0 saturated heterocycles. The minimum Gasteiger partial charge on any atom is -0.478 e. The number of rotatable bonds is 3. The Kier molecular flexibility index (Phi) is 3.24. The van der Waals surface area contributed by atoms with Crippen molar-refractivity contribution in [1.29, 1.82) is 0 Å². The highest BCUT2D eigenvalue weighted by Gasteiger charge is 2.24. The molecule has 0 spiro atoms. The fourth-order valence-corrected chi connectivity index (χ4v) is 2.66. The number of aromatic nitrogens is 5. The molecule has 4 aromatic rings. The SMILES string of the molecule is O=C(O)c1c(-c2ccccc2)c(-c2ccccc2)nn2nnnc12. The predicted octanol–water partition coefficient (Wildman–Crippen LogP) is 2.55. The van der Waals surface area contributed by atoms with Crippen LogP contribution in [0, 0.1) is 0 Å². The van der Waals surface area contributed by atoms with E-state index < -0.39 is 5.97 Å². The zero-order valence-electron chi connectivity index (χ0n) is 12.4. The Bertz CT molecular complexity index is 1030. The standard InChI is InChI=1S/C17H11N5O2/c23-17(24)14-13(11-7-3-1-4-8-11)15(12-9-5-2-6-10-12)19-22-16(14)18-20-21-22/h1-10H,(H,23,24). The van der Waals surface area contributed by atoms with E-state index in [1.54, 1.807) is 0 Å². The van der Waals surface area contributed by atoms with Crippen molar-refractivity contribution in [3.8, 4) is 22.4 Å². The number of hydrogen-bond acceptors (Lipinski definition) is 5. The third-order valence-corrected chi connectivity index (χ3v) is 3.68. The number of benzene rings is 2. The molecule has 0 amide bonds. The van der Waals surface area contributed by atoms with Crippen molar-refractivity contribution >= 4 is 11.6 Å². The molecule has 116 valence electrons. The molecule has 2 heterocycles. The van der Waals surface area contributed by atoms with Crippen molar-refractivity contribution in [2.45, 2.75) is 0 Å². The number of carboxylic acid groups (broad SMARTS) is 1. The molecule has 0 aliphatic heterocycles. The molecule has 0 saturated carbocycles. The summed E-state index contributed by atoms with van der Waals surface area (Å²) < 4.78 is 1.15. The number of hydrogen-bond donors (Lipinski definition) is 1. The second-order valence-electron chi connectivity index (χ2n) is 5.13. The van der Waals surface area contributed by atoms with Crippen LogP contribution >= 0.6 is 0 Å². The van der Waals surface area contributed by atoms with E-state index in [-0.39, 0.29) is 11.2 Å². The van der Waals surface area contributed by atoms with Crippen LogP contribution in [0.2, 0.25) is 0 Å². The lowest BCUT2D eigenvalue weighted by atomic mass is 9.95. The highest BCUT2D eigenvalue weighted by molar-refractivity contribution is 6.05. The van der Waals surface area contributed by atoms with Gasteiger partial charge in [-0.3, -0.25) is 0 Å². The molecule has 0 atom stereocenters. The van der Waals surface area contributed by atoms with Gasteiger partial charge in [-0.1, -0.05) is 60.7 Å². The predicted molar refractivity (Wildman–Crippen MR) is 86.4 cm³/mol. The topological polar surface area (TPSA) is 93.3 Å². The van der Waals surface area contributed by atoms with Crippen molar-refractivity contribution in [3.05, 3.63) is 66.2 Å². The number of nitrogens with zero attached hydrogens (tertiary/aromatic N) is 5. The maximum atomic E-state index is 12.0. The quantitative estimate of drug-likeness (QED) is 0.624. The van der Waals surface area contributed by atoms with Crippen LogP contribution in [0.4, 0.5) is 0 Å². The average Bonchev–Trinajstić information content (AvgIpc) is 3.09. The molecule has 0 aliphatic rings. The summed E-state index contributed by atoms with van der Waals surface area (Å²) in [4.78, 5) is 12.0. The number of carboxylic acids is 1. The lowest BCUT2D eigenvalue weighted by Gasteiger charge is -2.12. The highest BCUT2D eigenvalue weighted by Crippen LogP contribution is 2.34. The summed E-state index contributed by atoms with van der Waals surface area (Å²) in [5, 5.41) is 25.4. The maximum absolute atomic E-state index is 12.0. The van der Waals surface area contributed by atoms with Crippen LogP contribution in [0.25, 0.3) is 28.0 Å². The lowest BCUT2D eigenvalue weighted by molar-refractivity contribution is 0.0699. The van der Waals surface area contributed by atoms with E-state index in [2.05, 4.69) is 20.6 Å². The monoisotopic (exact) mass is 317 g/mol. The van der Waals surface area contributed by atoms with E-state index in [0.717, 1.165) is 15.8 Å². The van der Waals surface area contributed by atoms with Crippen molar-refractivity contribution in [1.82, 2.24) is 25.3 Å². The first kappa shape index (κ1) is 14.0. The van der Waals surface area contributed by atoms with E-state index in [4.69, 9.17) is 0 Å². The Hall–Kier alpha value is -3.61. The molecule has 7 heteroatoms. The van der Waals surface area contributed by atoms with Gasteiger partial charge in [-0.25, -0.2) is 4.79 Å². The molecule has 0 unspecified atom stereocenters. The van der Waals surface area contributed by atoms with E-state index in [0.29, 0.717) is 11.3 Å². The summed E-state index contributed by atoms with van der Waals surface area (Å²) in [6.07, 6.45) is 0. The van der Waals surface area contributed by atoms with E-state index in [1.165, 1.54) is 0 Å². The first-order chi connectivity index (χ1) is 11.8. The van der Waals surface area contributed by atoms with E-state index in [1.807, 2.05) is 60.7 Å². The minimum atomic E-state index is -1.10. The summed E-state index contributed by atoms with van der Waals surface area (Å²) in [6.45, 7) is 0. The Balaban J connectivity index is 2.16. The first-order valence-corrected chi connectivity index (χ1v) is 7.22. The van der Waals surface area contributed by atoms with Gasteiger partial charge < -0.3 is 5.11 Å². The van der Waals surface area contributed by atoms with E-state index in [9.17, 15) is 9.90 Å². The minimum absolute atomic E-state index is 0.0278. The van der Waals surface area contributed by atoms with Gasteiger partial charge in [-0.2, -0.15) is 0 Å². The second kappa shape index (κ2) is 5.54. The fourth-order valence-electron chi connectivity index (χ4n) is 2.66. The van der Waals surface area contributed by atoms with Crippen molar-refractivity contribution in [3.63, 3.8) is 0 Å². The summed E-state index contributed by atoms with van der Waals surface area (Å²) >= 11 is 0. The van der Waals surface area contributed by atoms with Crippen molar-refractivity contribution < 1.29 is 9.90 Å². The molecule has 0 fully saturated rings. The Morgan fingerprint density at radius 1 is 0.917 bits per heavy atom. The molecule has 0 radical (unpaired) electrons. The molecule has 24 heavy (non-hydrogen) atoms. The molecule has 1 N–H and O–H groups in total. The molecule has 0 bridgehead atoms. The Labute approximate surface area is 136 Å². The average molecular weight is 317 g/mol. The van der Waals surface area contributed by atoms with Gasteiger partial charge in [-0.05, 0) is 16.0 Å². The van der Waals surface area contributed by atoms with Gasteiger partial charge in [0.2, 0.25) is 5.65 Å². The highest BCUT2D eigenvalue weighted by atomic mass is 16.4. The summed E-state index contributed by atoms with van der Waals surface area (Å²) in [7, 11) is 0. The molecular formula is C17H11N5O2. The van der Waals surface area contributed by atoms with Gasteiger partial charge in [0.25, 0.3) is 0 Å². The third kappa shape index (κ3) is 2.19. The fraction of sp³-hybridized carbons (Fsp3) is 0. The van der Waals surface area contributed by atoms with Gasteiger partial charge >= 0.3 is 5.97 Å². The summed E-state index contributed by atoms with van der Waals surface area (Å²) in [5.74, 6) is -1.10. The zero-order valence-corrected chi connectivity index (χ0v) is 12.4. The van der Waals surface area contributed by atoms with Gasteiger partial charge in [-0.15, -0.1) is 14.8 Å². The van der Waals surface area contributed by atoms with Crippen LogP contribution < -0.4 is 0 Å². The zero-order chi connectivity index (χ0) is 16.5. The summed E-state index contributed by atoms with van der Waals surface area (Å²) in [6, 6.07) is 18.6. The number of aromatic carboxylic acids is 1. The molecule has 2 aromatic heterocycles. The van der Waals surface area contributed by atoms with Crippen LogP contribution in [0.1, 0.15) is 10.4 Å². The Morgan fingerprint density at radius 3 is 2.17 bits per heavy atom. The van der Waals surface area contributed by atoms with Crippen LogP contribution in [0.5, 0.6) is 0 Å². The molecule has 0 aliphatic carbocycles. The Morgan fingerprint density at radius 2 is 1.54 bits per heavy atom. The second-order valence-corrected chi connectivity index (χ2v) is 5.13. The molecule has 7 nitrogen and oxygen atoms in total. The molecule has 4 rings (SSSR count). The molecular weight excluding hydrogens is 306 g/mol. The van der Waals surface area contributed by atoms with Gasteiger partial charge in [0.1, 0.15) is 11.3 Å². The van der Waals surface area contributed by atoms with Crippen LogP contribution in [0.15, 0.2) is 60.7 Å². The van der Waals surface area contributed by atoms with Crippen LogP contribution in [-0.2, 0) is 0 Å². The van der Waals surface area contributed by atoms with E-state index >= 15 is 0 Å². The number of fused-ring (bicyclic) bond motifs is 1. The largest absolute Gasteiger partial charge is 0.478 e. The number of carbonyl (C=O) groups is 1. The lowest BCUT2D eigenvalue weighted by Crippen LogP contribution is -2.09. The van der Waals surface area contributed by atoms with Crippen LogP contribution in [0.3, 0.4) is 0 Å². The number of tetrazole rings is 1. The normalized spacial score (nSPS) is 10.8. The maximum Gasteiger partial charge on any atom is 0.340 e. The van der Waals surface area contributed by atoms with Crippen molar-refractivity contribution in [2.75, 3.05) is 0 Å². The van der Waals surface area contributed by atoms with Gasteiger partial charge in [0.05, 0.1) is 0 Å².